The smallest absolute Gasteiger partial charge is 0.147 e. The van der Waals surface area contributed by atoms with E-state index in [1.54, 1.807) is 6.07 Å². The molecule has 23 heavy (non-hydrogen) atoms. The minimum Gasteiger partial charge on any atom is -0.492 e. The molecule has 1 unspecified atom stereocenters. The van der Waals surface area contributed by atoms with Crippen molar-refractivity contribution in [2.75, 3.05) is 6.61 Å². The Balaban J connectivity index is 1.87. The molecule has 2 aromatic rings. The van der Waals surface area contributed by atoms with E-state index in [1.807, 2.05) is 13.0 Å². The van der Waals surface area contributed by atoms with Gasteiger partial charge in [-0.15, -0.1) is 0 Å². The van der Waals surface area contributed by atoms with Crippen molar-refractivity contribution >= 4 is 28.9 Å². The fourth-order valence-corrected chi connectivity index (χ4v) is 3.22. The van der Waals surface area contributed by atoms with Crippen molar-refractivity contribution in [3.05, 3.63) is 63.1 Å². The molecule has 0 radical (unpaired) electrons. The summed E-state index contributed by atoms with van der Waals surface area (Å²) in [6, 6.07) is 12.2. The number of hydrogen-bond acceptors (Lipinski definition) is 3. The second kappa shape index (κ2) is 6.81. The summed E-state index contributed by atoms with van der Waals surface area (Å²) in [5, 5.41) is 5.57. The van der Waals surface area contributed by atoms with Crippen LogP contribution in [-0.2, 0) is 0 Å². The van der Waals surface area contributed by atoms with Gasteiger partial charge in [-0.3, -0.25) is 0 Å². The average Bonchev–Trinajstić information content (AvgIpc) is 3.00. The maximum Gasteiger partial charge on any atom is 0.147 e. The van der Waals surface area contributed by atoms with Gasteiger partial charge in [0.1, 0.15) is 5.75 Å². The van der Waals surface area contributed by atoms with Gasteiger partial charge in [-0.05, 0) is 31.5 Å². The number of ether oxygens (including phenoxy) is 1. The van der Waals surface area contributed by atoms with E-state index >= 15 is 0 Å². The number of nitrogens with one attached hydrogen (secondary N) is 1. The van der Waals surface area contributed by atoms with Gasteiger partial charge in [-0.25, -0.2) is 0 Å². The van der Waals surface area contributed by atoms with Crippen molar-refractivity contribution in [1.82, 2.24) is 5.43 Å². The van der Waals surface area contributed by atoms with E-state index in [1.165, 1.54) is 11.1 Å². The zero-order valence-electron chi connectivity index (χ0n) is 13.1. The van der Waals surface area contributed by atoms with Gasteiger partial charge >= 0.3 is 0 Å². The molecule has 0 fully saturated rings. The normalized spacial score (nSPS) is 16.9. The highest BCUT2D eigenvalue weighted by Crippen LogP contribution is 2.36. The third kappa shape index (κ3) is 3.46. The summed E-state index contributed by atoms with van der Waals surface area (Å²) in [6.45, 7) is 4.55. The Kier molecular flexibility index (Phi) is 4.79. The molecule has 120 valence electrons. The van der Waals surface area contributed by atoms with Gasteiger partial charge in [0, 0.05) is 17.0 Å². The first kappa shape index (κ1) is 16.2. The molecule has 1 heterocycles. The van der Waals surface area contributed by atoms with Gasteiger partial charge in [0.15, 0.2) is 0 Å². The van der Waals surface area contributed by atoms with Gasteiger partial charge in [0.25, 0.3) is 0 Å². The van der Waals surface area contributed by atoms with E-state index in [0.29, 0.717) is 22.4 Å². The van der Waals surface area contributed by atoms with Gasteiger partial charge in [-0.1, -0.05) is 53.0 Å². The van der Waals surface area contributed by atoms with Crippen LogP contribution in [0.4, 0.5) is 0 Å². The highest BCUT2D eigenvalue weighted by atomic mass is 35.5. The molecule has 0 amide bonds. The van der Waals surface area contributed by atoms with Crippen LogP contribution in [-0.4, -0.2) is 12.3 Å². The monoisotopic (exact) mass is 348 g/mol. The number of hydrazone groups is 1. The molecule has 0 bridgehead atoms. The van der Waals surface area contributed by atoms with Crippen molar-refractivity contribution in [2.45, 2.75) is 26.3 Å². The molecule has 1 N–H and O–H groups in total. The summed E-state index contributed by atoms with van der Waals surface area (Å²) in [5.74, 6) is 0.642. The number of nitrogens with zero attached hydrogens (tertiary/aromatic N) is 1. The van der Waals surface area contributed by atoms with Crippen LogP contribution in [0.1, 0.15) is 36.1 Å². The van der Waals surface area contributed by atoms with Gasteiger partial charge in [-0.2, -0.15) is 5.10 Å². The van der Waals surface area contributed by atoms with Gasteiger partial charge in [0.05, 0.1) is 23.4 Å². The zero-order chi connectivity index (χ0) is 16.4. The van der Waals surface area contributed by atoms with E-state index < -0.39 is 0 Å². The maximum atomic E-state index is 6.28. The number of halogens is 2. The van der Waals surface area contributed by atoms with Crippen LogP contribution in [0.5, 0.6) is 5.75 Å². The number of hydrogen-bond donors (Lipinski definition) is 1. The van der Waals surface area contributed by atoms with Gasteiger partial charge < -0.3 is 10.2 Å². The van der Waals surface area contributed by atoms with Crippen molar-refractivity contribution < 1.29 is 4.74 Å². The Bertz CT molecular complexity index is 741. The van der Waals surface area contributed by atoms with E-state index in [4.69, 9.17) is 27.9 Å². The van der Waals surface area contributed by atoms with E-state index in [9.17, 15) is 0 Å². The predicted molar refractivity (Wildman–Crippen MR) is 95.8 cm³/mol. The maximum absolute atomic E-state index is 6.28. The van der Waals surface area contributed by atoms with Crippen LogP contribution < -0.4 is 10.2 Å². The number of benzene rings is 2. The van der Waals surface area contributed by atoms with Gasteiger partial charge in [0.2, 0.25) is 0 Å². The second-order valence-electron chi connectivity index (χ2n) is 5.55. The molecule has 0 aromatic heterocycles. The lowest BCUT2D eigenvalue weighted by Gasteiger charge is -2.13. The topological polar surface area (TPSA) is 33.6 Å². The highest BCUT2D eigenvalue weighted by Gasteiger charge is 2.24. The van der Waals surface area contributed by atoms with Crippen molar-refractivity contribution in [1.29, 1.82) is 0 Å². The summed E-state index contributed by atoms with van der Waals surface area (Å²) >= 11 is 12.4. The molecule has 1 atom stereocenters. The largest absolute Gasteiger partial charge is 0.492 e. The average molecular weight is 349 g/mol. The number of aryl methyl sites for hydroxylation is 1. The molecule has 0 saturated carbocycles. The minimum absolute atomic E-state index is 0.151. The number of rotatable bonds is 4. The standard InChI is InChI=1S/C18H18Cl2N2O/c1-3-23-18-14(8-13(19)9-15(18)20)17-10-16(21-22-17)12-6-4-11(2)5-7-12/h4-9,16,21H,3,10H2,1-2H3. The molecule has 1 aliphatic rings. The Labute approximate surface area is 146 Å². The molecular formula is C18H18Cl2N2O. The first-order valence-electron chi connectivity index (χ1n) is 7.59. The molecule has 2 aromatic carbocycles. The molecular weight excluding hydrogens is 331 g/mol. The van der Waals surface area contributed by atoms with Crippen LogP contribution >= 0.6 is 23.2 Å². The lowest BCUT2D eigenvalue weighted by Crippen LogP contribution is -2.10. The van der Waals surface area contributed by atoms with Crippen LogP contribution in [0.3, 0.4) is 0 Å². The third-order valence-electron chi connectivity index (χ3n) is 3.84. The summed E-state index contributed by atoms with van der Waals surface area (Å²) < 4.78 is 5.69. The molecule has 0 spiro atoms. The SMILES string of the molecule is CCOc1c(Cl)cc(Cl)cc1C1=NNC(c2ccc(C)cc2)C1. The molecule has 0 aliphatic carbocycles. The molecule has 1 aliphatic heterocycles. The summed E-state index contributed by atoms with van der Waals surface area (Å²) in [6.07, 6.45) is 0.764. The third-order valence-corrected chi connectivity index (χ3v) is 4.34. The quantitative estimate of drug-likeness (QED) is 0.829. The Morgan fingerprint density at radius 1 is 1.22 bits per heavy atom. The molecule has 3 rings (SSSR count). The van der Waals surface area contributed by atoms with E-state index in [0.717, 1.165) is 17.7 Å². The summed E-state index contributed by atoms with van der Waals surface area (Å²) in [4.78, 5) is 0. The fourth-order valence-electron chi connectivity index (χ4n) is 2.67. The van der Waals surface area contributed by atoms with Crippen LogP contribution in [0.2, 0.25) is 10.0 Å². The fraction of sp³-hybridized carbons (Fsp3) is 0.278. The predicted octanol–water partition coefficient (Wildman–Crippen LogP) is 5.14. The summed E-state index contributed by atoms with van der Waals surface area (Å²) in [7, 11) is 0. The Morgan fingerprint density at radius 3 is 2.65 bits per heavy atom. The Hall–Kier alpha value is -1.71. The van der Waals surface area contributed by atoms with Crippen LogP contribution in [0, 0.1) is 6.92 Å². The van der Waals surface area contributed by atoms with E-state index in [2.05, 4.69) is 41.7 Å². The zero-order valence-corrected chi connectivity index (χ0v) is 14.6. The molecule has 5 heteroatoms. The highest BCUT2D eigenvalue weighted by molar-refractivity contribution is 6.36. The van der Waals surface area contributed by atoms with Crippen molar-refractivity contribution in [3.63, 3.8) is 0 Å². The minimum atomic E-state index is 0.151. The first-order chi connectivity index (χ1) is 11.1. The van der Waals surface area contributed by atoms with Crippen molar-refractivity contribution in [2.24, 2.45) is 5.10 Å². The van der Waals surface area contributed by atoms with Crippen molar-refractivity contribution in [3.8, 4) is 5.75 Å². The second-order valence-corrected chi connectivity index (χ2v) is 6.40. The lowest BCUT2D eigenvalue weighted by molar-refractivity contribution is 0.340. The van der Waals surface area contributed by atoms with Crippen LogP contribution in [0.25, 0.3) is 0 Å². The Morgan fingerprint density at radius 2 is 1.96 bits per heavy atom. The van der Waals surface area contributed by atoms with E-state index in [-0.39, 0.29) is 6.04 Å². The lowest BCUT2D eigenvalue weighted by atomic mass is 9.98. The van der Waals surface area contributed by atoms with Crippen LogP contribution in [0.15, 0.2) is 41.5 Å². The summed E-state index contributed by atoms with van der Waals surface area (Å²) in [5.41, 5.74) is 7.41. The molecule has 3 nitrogen and oxygen atoms in total. The molecule has 0 saturated heterocycles. The first-order valence-corrected chi connectivity index (χ1v) is 8.35.